The van der Waals surface area contributed by atoms with Crippen LogP contribution in [0.25, 0.3) is 0 Å². The van der Waals surface area contributed by atoms with Gasteiger partial charge in [-0.25, -0.2) is 4.79 Å². The van der Waals surface area contributed by atoms with Crippen LogP contribution in [0.3, 0.4) is 0 Å². The molecule has 0 aliphatic carbocycles. The lowest BCUT2D eigenvalue weighted by Crippen LogP contribution is -2.38. The lowest BCUT2D eigenvalue weighted by molar-refractivity contribution is -0.192. The molecule has 1 saturated heterocycles. The Morgan fingerprint density at radius 2 is 1.81 bits per heavy atom. The molecule has 0 bridgehead atoms. The molecular formula is C9H14F3NO3. The Bertz CT molecular complexity index is 247. The van der Waals surface area contributed by atoms with E-state index in [0.29, 0.717) is 0 Å². The van der Waals surface area contributed by atoms with Crippen molar-refractivity contribution in [2.24, 2.45) is 0 Å². The standard InChI is InChI=1S/C7H13NO.C2HF3O2/c1-6(9)7-4-2-3-5-8-7;3-2(4,5)1(6)7/h7-8H,2-5H2,1H3;(H,6,7). The highest BCUT2D eigenvalue weighted by Gasteiger charge is 2.38. The van der Waals surface area contributed by atoms with Crippen LogP contribution in [0.15, 0.2) is 0 Å². The van der Waals surface area contributed by atoms with E-state index in [1.807, 2.05) is 0 Å². The van der Waals surface area contributed by atoms with Gasteiger partial charge in [0.25, 0.3) is 0 Å². The van der Waals surface area contributed by atoms with Gasteiger partial charge in [-0.1, -0.05) is 6.42 Å². The molecule has 0 spiro atoms. The number of halogens is 3. The Hall–Kier alpha value is -1.11. The zero-order valence-electron chi connectivity index (χ0n) is 8.80. The van der Waals surface area contributed by atoms with E-state index in [4.69, 9.17) is 9.90 Å². The molecule has 4 nitrogen and oxygen atoms in total. The number of carboxylic acid groups (broad SMARTS) is 1. The van der Waals surface area contributed by atoms with Crippen molar-refractivity contribution >= 4 is 11.8 Å². The molecule has 1 aliphatic rings. The molecule has 1 heterocycles. The van der Waals surface area contributed by atoms with Crippen LogP contribution in [0.1, 0.15) is 26.2 Å². The number of carbonyl (C=O) groups is 2. The second kappa shape index (κ2) is 6.47. The smallest absolute Gasteiger partial charge is 0.475 e. The number of piperidine rings is 1. The number of hydrogen-bond donors (Lipinski definition) is 2. The fourth-order valence-electron chi connectivity index (χ4n) is 1.20. The molecule has 1 atom stereocenters. The van der Waals surface area contributed by atoms with Crippen molar-refractivity contribution in [2.75, 3.05) is 6.54 Å². The molecule has 0 aromatic heterocycles. The second-order valence-corrected chi connectivity index (χ2v) is 3.42. The molecule has 0 aromatic rings. The maximum absolute atomic E-state index is 10.7. The van der Waals surface area contributed by atoms with E-state index in [1.54, 1.807) is 6.92 Å². The molecule has 7 heteroatoms. The average molecular weight is 241 g/mol. The van der Waals surface area contributed by atoms with Crippen molar-refractivity contribution in [3.8, 4) is 0 Å². The summed E-state index contributed by atoms with van der Waals surface area (Å²) < 4.78 is 31.7. The number of rotatable bonds is 1. The summed E-state index contributed by atoms with van der Waals surface area (Å²) in [5.74, 6) is -2.47. The van der Waals surface area contributed by atoms with E-state index in [0.717, 1.165) is 13.0 Å². The predicted molar refractivity (Wildman–Crippen MR) is 50.0 cm³/mol. The first-order chi connectivity index (χ1) is 7.25. The zero-order valence-corrected chi connectivity index (χ0v) is 8.80. The molecule has 1 fully saturated rings. The fraction of sp³-hybridized carbons (Fsp3) is 0.778. The van der Waals surface area contributed by atoms with Crippen LogP contribution in [-0.4, -0.2) is 35.6 Å². The molecule has 2 N–H and O–H groups in total. The second-order valence-electron chi connectivity index (χ2n) is 3.42. The molecule has 0 saturated carbocycles. The van der Waals surface area contributed by atoms with Gasteiger partial charge < -0.3 is 10.4 Å². The monoisotopic (exact) mass is 241 g/mol. The quantitative estimate of drug-likeness (QED) is 0.727. The Balaban J connectivity index is 0.000000293. The maximum atomic E-state index is 10.7. The Morgan fingerprint density at radius 3 is 2.00 bits per heavy atom. The van der Waals surface area contributed by atoms with Crippen LogP contribution in [0, 0.1) is 0 Å². The fourth-order valence-corrected chi connectivity index (χ4v) is 1.20. The van der Waals surface area contributed by atoms with Crippen LogP contribution in [0.4, 0.5) is 13.2 Å². The number of hydrogen-bond acceptors (Lipinski definition) is 3. The van der Waals surface area contributed by atoms with Gasteiger partial charge in [0.2, 0.25) is 0 Å². The van der Waals surface area contributed by atoms with Gasteiger partial charge in [0.15, 0.2) is 0 Å². The minimum absolute atomic E-state index is 0.166. The predicted octanol–water partition coefficient (Wildman–Crippen LogP) is 1.35. The molecule has 94 valence electrons. The van der Waals surface area contributed by atoms with E-state index < -0.39 is 12.1 Å². The Labute approximate surface area is 90.8 Å². The number of alkyl halides is 3. The summed E-state index contributed by atoms with van der Waals surface area (Å²) in [6, 6.07) is 0.166. The van der Waals surface area contributed by atoms with Gasteiger partial charge in [-0.2, -0.15) is 13.2 Å². The van der Waals surface area contributed by atoms with E-state index >= 15 is 0 Å². The number of carbonyl (C=O) groups excluding carboxylic acids is 1. The first-order valence-electron chi connectivity index (χ1n) is 4.79. The first kappa shape index (κ1) is 14.9. The minimum Gasteiger partial charge on any atom is -0.475 e. The van der Waals surface area contributed by atoms with Crippen molar-refractivity contribution in [1.29, 1.82) is 0 Å². The number of nitrogens with one attached hydrogen (secondary N) is 1. The van der Waals surface area contributed by atoms with E-state index in [2.05, 4.69) is 5.32 Å². The van der Waals surface area contributed by atoms with Crippen molar-refractivity contribution < 1.29 is 27.9 Å². The van der Waals surface area contributed by atoms with Gasteiger partial charge in [-0.3, -0.25) is 4.79 Å². The van der Waals surface area contributed by atoms with Crippen molar-refractivity contribution in [3.05, 3.63) is 0 Å². The molecule has 0 aromatic carbocycles. The van der Waals surface area contributed by atoms with Crippen LogP contribution in [-0.2, 0) is 9.59 Å². The summed E-state index contributed by atoms with van der Waals surface area (Å²) >= 11 is 0. The van der Waals surface area contributed by atoms with Gasteiger partial charge in [-0.05, 0) is 26.3 Å². The van der Waals surface area contributed by atoms with Gasteiger partial charge >= 0.3 is 12.1 Å². The molecule has 1 unspecified atom stereocenters. The normalized spacial score (nSPS) is 20.6. The third-order valence-electron chi connectivity index (χ3n) is 2.04. The van der Waals surface area contributed by atoms with Crippen molar-refractivity contribution in [2.45, 2.75) is 38.4 Å². The lowest BCUT2D eigenvalue weighted by Gasteiger charge is -2.20. The molecule has 0 amide bonds. The maximum Gasteiger partial charge on any atom is 0.490 e. The van der Waals surface area contributed by atoms with Gasteiger partial charge in [0.05, 0.1) is 6.04 Å². The van der Waals surface area contributed by atoms with E-state index in [-0.39, 0.29) is 11.8 Å². The third kappa shape index (κ3) is 6.39. The molecule has 16 heavy (non-hydrogen) atoms. The first-order valence-corrected chi connectivity index (χ1v) is 4.79. The third-order valence-corrected chi connectivity index (χ3v) is 2.04. The van der Waals surface area contributed by atoms with E-state index in [9.17, 15) is 18.0 Å². The number of aliphatic carboxylic acids is 1. The highest BCUT2D eigenvalue weighted by Crippen LogP contribution is 2.13. The van der Waals surface area contributed by atoms with Crippen LogP contribution < -0.4 is 5.32 Å². The zero-order chi connectivity index (χ0) is 12.8. The summed E-state index contributed by atoms with van der Waals surface area (Å²) in [7, 11) is 0. The number of carboxylic acids is 1. The van der Waals surface area contributed by atoms with Crippen LogP contribution in [0.5, 0.6) is 0 Å². The topological polar surface area (TPSA) is 66.4 Å². The minimum atomic E-state index is -5.08. The summed E-state index contributed by atoms with van der Waals surface area (Å²) in [6.07, 6.45) is -1.61. The Morgan fingerprint density at radius 1 is 1.31 bits per heavy atom. The molecular weight excluding hydrogens is 227 g/mol. The number of Topliss-reactive ketones (excluding diaryl/α,β-unsaturated/α-hetero) is 1. The highest BCUT2D eigenvalue weighted by molar-refractivity contribution is 5.81. The summed E-state index contributed by atoms with van der Waals surface area (Å²) in [6.45, 7) is 2.67. The van der Waals surface area contributed by atoms with Gasteiger partial charge in [0, 0.05) is 0 Å². The highest BCUT2D eigenvalue weighted by atomic mass is 19.4. The van der Waals surface area contributed by atoms with Crippen molar-refractivity contribution in [1.82, 2.24) is 5.32 Å². The Kier molecular flexibility index (Phi) is 6.02. The molecule has 1 rings (SSSR count). The molecule has 1 aliphatic heterocycles. The SMILES string of the molecule is CC(=O)C1CCCCN1.O=C(O)C(F)(F)F. The summed E-state index contributed by atoms with van der Waals surface area (Å²) in [5, 5.41) is 10.3. The van der Waals surface area contributed by atoms with Crippen LogP contribution >= 0.6 is 0 Å². The van der Waals surface area contributed by atoms with Crippen molar-refractivity contribution in [3.63, 3.8) is 0 Å². The number of ketones is 1. The van der Waals surface area contributed by atoms with Crippen LogP contribution in [0.2, 0.25) is 0 Å². The lowest BCUT2D eigenvalue weighted by atomic mass is 10.0. The largest absolute Gasteiger partial charge is 0.490 e. The summed E-state index contributed by atoms with van der Waals surface area (Å²) in [4.78, 5) is 19.6. The van der Waals surface area contributed by atoms with Gasteiger partial charge in [0.1, 0.15) is 5.78 Å². The summed E-state index contributed by atoms with van der Waals surface area (Å²) in [5.41, 5.74) is 0. The molecule has 0 radical (unpaired) electrons. The van der Waals surface area contributed by atoms with E-state index in [1.165, 1.54) is 12.8 Å². The van der Waals surface area contributed by atoms with Gasteiger partial charge in [-0.15, -0.1) is 0 Å². The average Bonchev–Trinajstić information content (AvgIpc) is 2.18.